The summed E-state index contributed by atoms with van der Waals surface area (Å²) in [5.74, 6) is 1.96. The molecule has 1 saturated heterocycles. The van der Waals surface area contributed by atoms with Gasteiger partial charge < -0.3 is 14.6 Å². The molecule has 0 spiro atoms. The van der Waals surface area contributed by atoms with Crippen molar-refractivity contribution in [1.29, 1.82) is 0 Å². The number of amides is 1. The molecule has 3 heterocycles. The van der Waals surface area contributed by atoms with Gasteiger partial charge in [0.05, 0.1) is 11.4 Å². The van der Waals surface area contributed by atoms with E-state index in [2.05, 4.69) is 20.2 Å². The molecule has 6 nitrogen and oxygen atoms in total. The number of carbonyl (C=O) groups is 1. The molecule has 1 N–H and O–H groups in total. The quantitative estimate of drug-likeness (QED) is 0.745. The molecule has 0 saturated carbocycles. The Bertz CT molecular complexity index is 975. The van der Waals surface area contributed by atoms with Gasteiger partial charge in [0.15, 0.2) is 0 Å². The van der Waals surface area contributed by atoms with Crippen molar-refractivity contribution in [2.75, 3.05) is 18.0 Å². The van der Waals surface area contributed by atoms with Crippen LogP contribution in [-0.4, -0.2) is 29.0 Å². The molecular formula is C22H26N4O2. The van der Waals surface area contributed by atoms with E-state index in [1.165, 1.54) is 0 Å². The summed E-state index contributed by atoms with van der Waals surface area (Å²) in [6, 6.07) is 10.1. The van der Waals surface area contributed by atoms with Crippen LogP contribution in [-0.2, 0) is 4.79 Å². The molecule has 1 atom stereocenters. The molecule has 0 bridgehead atoms. The van der Waals surface area contributed by atoms with Crippen LogP contribution in [0.25, 0.3) is 11.1 Å². The van der Waals surface area contributed by atoms with Crippen LogP contribution in [0.15, 0.2) is 41.1 Å². The van der Waals surface area contributed by atoms with E-state index in [4.69, 9.17) is 4.42 Å². The first-order valence-corrected chi connectivity index (χ1v) is 9.85. The van der Waals surface area contributed by atoms with Gasteiger partial charge in [-0.1, -0.05) is 30.3 Å². The topological polar surface area (TPSA) is 71.3 Å². The number of benzene rings is 1. The Morgan fingerprint density at radius 3 is 2.61 bits per heavy atom. The first-order chi connectivity index (χ1) is 13.5. The summed E-state index contributed by atoms with van der Waals surface area (Å²) in [6.07, 6.45) is 3.18. The molecule has 3 aromatic rings. The predicted molar refractivity (Wildman–Crippen MR) is 109 cm³/mol. The molecule has 0 unspecified atom stereocenters. The van der Waals surface area contributed by atoms with Gasteiger partial charge in [-0.3, -0.25) is 4.79 Å². The van der Waals surface area contributed by atoms with Crippen LogP contribution in [0.2, 0.25) is 0 Å². The molecule has 146 valence electrons. The van der Waals surface area contributed by atoms with Crippen LogP contribution < -0.4 is 10.2 Å². The largest absolute Gasteiger partial charge is 0.443 e. The zero-order valence-corrected chi connectivity index (χ0v) is 16.6. The minimum atomic E-state index is 0.0183. The van der Waals surface area contributed by atoms with Crippen molar-refractivity contribution in [3.63, 3.8) is 0 Å². The van der Waals surface area contributed by atoms with Crippen LogP contribution in [0.3, 0.4) is 0 Å². The van der Waals surface area contributed by atoms with Crippen molar-refractivity contribution < 1.29 is 9.21 Å². The number of rotatable bonds is 4. The fraction of sp³-hybridized carbons (Fsp3) is 0.409. The molecule has 1 amide bonds. The zero-order chi connectivity index (χ0) is 19.7. The molecule has 0 aliphatic carbocycles. The summed E-state index contributed by atoms with van der Waals surface area (Å²) in [5.41, 5.74) is 2.85. The van der Waals surface area contributed by atoms with Gasteiger partial charge in [0.1, 0.15) is 17.9 Å². The zero-order valence-electron chi connectivity index (χ0n) is 16.6. The summed E-state index contributed by atoms with van der Waals surface area (Å²) in [7, 11) is 0. The maximum absolute atomic E-state index is 12.7. The molecule has 4 rings (SSSR count). The fourth-order valence-electron chi connectivity index (χ4n) is 3.91. The Balaban J connectivity index is 1.42. The van der Waals surface area contributed by atoms with Crippen molar-refractivity contribution >= 4 is 22.8 Å². The highest BCUT2D eigenvalue weighted by atomic mass is 16.3. The van der Waals surface area contributed by atoms with Crippen LogP contribution in [0.4, 0.5) is 5.82 Å². The summed E-state index contributed by atoms with van der Waals surface area (Å²) in [6.45, 7) is 7.62. The summed E-state index contributed by atoms with van der Waals surface area (Å²) < 4.78 is 5.73. The molecule has 1 aliphatic rings. The van der Waals surface area contributed by atoms with Gasteiger partial charge in [0.2, 0.25) is 11.6 Å². The smallest absolute Gasteiger partial charge is 0.231 e. The SMILES string of the molecule is Cc1oc2ncnc(N3CCC(C(=O)N[C@H](C)c4ccccc4)CC3)c2c1C. The molecule has 1 aliphatic heterocycles. The van der Waals surface area contributed by atoms with E-state index in [1.807, 2.05) is 51.1 Å². The van der Waals surface area contributed by atoms with E-state index < -0.39 is 0 Å². The molecule has 6 heteroatoms. The van der Waals surface area contributed by atoms with Crippen molar-refractivity contribution in [2.45, 2.75) is 39.7 Å². The average Bonchev–Trinajstić information content (AvgIpc) is 3.02. The number of carbonyl (C=O) groups excluding carboxylic acids is 1. The first-order valence-electron chi connectivity index (χ1n) is 9.85. The molecule has 2 aromatic heterocycles. The van der Waals surface area contributed by atoms with E-state index in [0.29, 0.717) is 5.71 Å². The summed E-state index contributed by atoms with van der Waals surface area (Å²) in [4.78, 5) is 23.7. The highest BCUT2D eigenvalue weighted by molar-refractivity contribution is 5.90. The van der Waals surface area contributed by atoms with Crippen molar-refractivity contribution in [3.05, 3.63) is 53.5 Å². The molecule has 0 radical (unpaired) electrons. The Labute approximate surface area is 165 Å². The van der Waals surface area contributed by atoms with Gasteiger partial charge in [-0.2, -0.15) is 0 Å². The Hall–Kier alpha value is -2.89. The monoisotopic (exact) mass is 378 g/mol. The van der Waals surface area contributed by atoms with Gasteiger partial charge in [-0.05, 0) is 39.2 Å². The first kappa shape index (κ1) is 18.5. The van der Waals surface area contributed by atoms with Gasteiger partial charge in [0, 0.05) is 24.6 Å². The maximum Gasteiger partial charge on any atom is 0.231 e. The van der Waals surface area contributed by atoms with E-state index in [9.17, 15) is 4.79 Å². The molecular weight excluding hydrogens is 352 g/mol. The number of fused-ring (bicyclic) bond motifs is 1. The van der Waals surface area contributed by atoms with Crippen LogP contribution in [0.5, 0.6) is 0 Å². The minimum Gasteiger partial charge on any atom is -0.443 e. The highest BCUT2D eigenvalue weighted by Crippen LogP contribution is 2.32. The van der Waals surface area contributed by atoms with Gasteiger partial charge in [-0.15, -0.1) is 0 Å². The van der Waals surface area contributed by atoms with Gasteiger partial charge in [-0.25, -0.2) is 9.97 Å². The van der Waals surface area contributed by atoms with E-state index in [-0.39, 0.29) is 17.9 Å². The number of aromatic nitrogens is 2. The fourth-order valence-corrected chi connectivity index (χ4v) is 3.91. The number of furan rings is 1. The summed E-state index contributed by atoms with van der Waals surface area (Å²) >= 11 is 0. The molecule has 1 aromatic carbocycles. The number of hydrogen-bond acceptors (Lipinski definition) is 5. The van der Waals surface area contributed by atoms with Gasteiger partial charge >= 0.3 is 0 Å². The molecule has 28 heavy (non-hydrogen) atoms. The normalized spacial score (nSPS) is 16.3. The second-order valence-corrected chi connectivity index (χ2v) is 7.56. The number of anilines is 1. The highest BCUT2D eigenvalue weighted by Gasteiger charge is 2.28. The lowest BCUT2D eigenvalue weighted by Crippen LogP contribution is -2.41. The third-order valence-electron chi connectivity index (χ3n) is 5.77. The van der Waals surface area contributed by atoms with E-state index >= 15 is 0 Å². The average molecular weight is 378 g/mol. The second-order valence-electron chi connectivity index (χ2n) is 7.56. The van der Waals surface area contributed by atoms with Crippen LogP contribution in [0.1, 0.15) is 42.7 Å². The summed E-state index contributed by atoms with van der Waals surface area (Å²) in [5, 5.41) is 4.15. The maximum atomic E-state index is 12.7. The van der Waals surface area contributed by atoms with E-state index in [1.54, 1.807) is 6.33 Å². The number of nitrogens with one attached hydrogen (secondary N) is 1. The Morgan fingerprint density at radius 2 is 1.89 bits per heavy atom. The third kappa shape index (κ3) is 3.46. The van der Waals surface area contributed by atoms with Crippen molar-refractivity contribution in [1.82, 2.24) is 15.3 Å². The lowest BCUT2D eigenvalue weighted by Gasteiger charge is -2.33. The lowest BCUT2D eigenvalue weighted by atomic mass is 9.95. The van der Waals surface area contributed by atoms with Crippen molar-refractivity contribution in [2.24, 2.45) is 5.92 Å². The second kappa shape index (κ2) is 7.62. The standard InChI is InChI=1S/C22H26N4O2/c1-14-16(3)28-22-19(14)20(23-13-24-22)26-11-9-18(10-12-26)21(27)25-15(2)17-7-5-4-6-8-17/h4-8,13,15,18H,9-12H2,1-3H3,(H,25,27)/t15-/m1/s1. The number of aryl methyl sites for hydroxylation is 2. The van der Waals surface area contributed by atoms with Crippen molar-refractivity contribution in [3.8, 4) is 0 Å². The minimum absolute atomic E-state index is 0.0183. The Morgan fingerprint density at radius 1 is 1.18 bits per heavy atom. The molecule has 1 fully saturated rings. The number of nitrogens with zero attached hydrogens (tertiary/aromatic N) is 3. The van der Waals surface area contributed by atoms with Gasteiger partial charge in [0.25, 0.3) is 0 Å². The lowest BCUT2D eigenvalue weighted by molar-refractivity contribution is -0.126. The predicted octanol–water partition coefficient (Wildman–Crippen LogP) is 3.93. The third-order valence-corrected chi connectivity index (χ3v) is 5.77. The van der Waals surface area contributed by atoms with E-state index in [0.717, 1.165) is 54.0 Å². The number of hydrogen-bond donors (Lipinski definition) is 1. The Kier molecular flexibility index (Phi) is 5.03. The number of piperidine rings is 1. The van der Waals surface area contributed by atoms with Crippen LogP contribution >= 0.6 is 0 Å². The van der Waals surface area contributed by atoms with Crippen LogP contribution in [0, 0.1) is 19.8 Å².